The van der Waals surface area contributed by atoms with E-state index in [-0.39, 0.29) is 17.1 Å². The summed E-state index contributed by atoms with van der Waals surface area (Å²) >= 11 is 0. The number of anilines is 1. The highest BCUT2D eigenvalue weighted by atomic mass is 19.4. The van der Waals surface area contributed by atoms with Gasteiger partial charge in [-0.1, -0.05) is 0 Å². The first-order valence-corrected chi connectivity index (χ1v) is 7.43. The van der Waals surface area contributed by atoms with Crippen LogP contribution in [0.2, 0.25) is 0 Å². The Morgan fingerprint density at radius 3 is 2.00 bits per heavy atom. The van der Waals surface area contributed by atoms with Crippen molar-refractivity contribution in [3.63, 3.8) is 0 Å². The van der Waals surface area contributed by atoms with Gasteiger partial charge in [0.25, 0.3) is 0 Å². The third-order valence-corrected chi connectivity index (χ3v) is 3.49. The first-order valence-electron chi connectivity index (χ1n) is 7.43. The predicted molar refractivity (Wildman–Crippen MR) is 89.6 cm³/mol. The van der Waals surface area contributed by atoms with E-state index in [0.717, 1.165) is 12.3 Å². The molecule has 8 nitrogen and oxygen atoms in total. The molecular formula is C16H12F3N7O. The molecule has 0 fully saturated rings. The normalized spacial score (nSPS) is 11.3. The van der Waals surface area contributed by atoms with Gasteiger partial charge in [0.2, 0.25) is 5.82 Å². The molecule has 0 radical (unpaired) electrons. The second kappa shape index (κ2) is 6.96. The summed E-state index contributed by atoms with van der Waals surface area (Å²) in [4.78, 5) is 27.3. The molecule has 3 rings (SSSR count). The lowest BCUT2D eigenvalue weighted by atomic mass is 10.1. The van der Waals surface area contributed by atoms with Gasteiger partial charge in [0.05, 0.1) is 11.4 Å². The maximum absolute atomic E-state index is 12.7. The quantitative estimate of drug-likeness (QED) is 0.361. The van der Waals surface area contributed by atoms with Gasteiger partial charge in [-0.25, -0.2) is 20.8 Å². The molecule has 138 valence electrons. The van der Waals surface area contributed by atoms with Crippen molar-refractivity contribution in [2.45, 2.75) is 6.18 Å². The first-order chi connectivity index (χ1) is 12.8. The van der Waals surface area contributed by atoms with E-state index in [1.165, 1.54) is 18.3 Å². The molecule has 3 heterocycles. The van der Waals surface area contributed by atoms with E-state index in [2.05, 4.69) is 19.9 Å². The number of hydrazine groups is 1. The molecule has 1 amide bonds. The molecule has 0 atom stereocenters. The zero-order chi connectivity index (χ0) is 19.6. The van der Waals surface area contributed by atoms with E-state index < -0.39 is 17.8 Å². The van der Waals surface area contributed by atoms with Crippen molar-refractivity contribution in [1.82, 2.24) is 25.4 Å². The molecule has 0 saturated heterocycles. The zero-order valence-corrected chi connectivity index (χ0v) is 13.5. The fraction of sp³-hybridized carbons (Fsp3) is 0.0625. The van der Waals surface area contributed by atoms with Crippen LogP contribution in [0, 0.1) is 0 Å². The third-order valence-electron chi connectivity index (χ3n) is 3.49. The Morgan fingerprint density at radius 1 is 0.963 bits per heavy atom. The summed E-state index contributed by atoms with van der Waals surface area (Å²) in [5.41, 5.74) is 7.72. The van der Waals surface area contributed by atoms with Gasteiger partial charge in [-0.05, 0) is 30.3 Å². The third kappa shape index (κ3) is 3.98. The molecule has 0 bridgehead atoms. The van der Waals surface area contributed by atoms with Crippen molar-refractivity contribution in [1.29, 1.82) is 0 Å². The number of aromatic nitrogens is 4. The van der Waals surface area contributed by atoms with Gasteiger partial charge in [0, 0.05) is 23.5 Å². The van der Waals surface area contributed by atoms with E-state index in [1.807, 2.05) is 5.43 Å². The SMILES string of the molecule is NNC(=O)c1nc(-c2ccc(N)nc2)cc(-c2ccc(C(F)(F)F)nc2)n1. The molecular weight excluding hydrogens is 363 g/mol. The average molecular weight is 375 g/mol. The first kappa shape index (κ1) is 18.2. The Morgan fingerprint density at radius 2 is 1.56 bits per heavy atom. The summed E-state index contributed by atoms with van der Waals surface area (Å²) in [6.45, 7) is 0. The smallest absolute Gasteiger partial charge is 0.384 e. The van der Waals surface area contributed by atoms with E-state index in [1.54, 1.807) is 12.1 Å². The number of alkyl halides is 3. The minimum Gasteiger partial charge on any atom is -0.384 e. The van der Waals surface area contributed by atoms with Crippen LogP contribution in [-0.2, 0) is 6.18 Å². The van der Waals surface area contributed by atoms with Crippen LogP contribution in [0.4, 0.5) is 19.0 Å². The van der Waals surface area contributed by atoms with Gasteiger partial charge >= 0.3 is 12.1 Å². The van der Waals surface area contributed by atoms with E-state index >= 15 is 0 Å². The summed E-state index contributed by atoms with van der Waals surface area (Å²) in [5.74, 6) is 4.39. The van der Waals surface area contributed by atoms with Crippen molar-refractivity contribution < 1.29 is 18.0 Å². The highest BCUT2D eigenvalue weighted by molar-refractivity contribution is 5.91. The van der Waals surface area contributed by atoms with E-state index in [9.17, 15) is 18.0 Å². The Balaban J connectivity index is 2.10. The van der Waals surface area contributed by atoms with Crippen LogP contribution in [0.1, 0.15) is 16.3 Å². The Kier molecular flexibility index (Phi) is 4.69. The van der Waals surface area contributed by atoms with Crippen LogP contribution in [0.3, 0.4) is 0 Å². The lowest BCUT2D eigenvalue weighted by Gasteiger charge is -2.09. The number of hydrogen-bond donors (Lipinski definition) is 3. The summed E-state index contributed by atoms with van der Waals surface area (Å²) in [5, 5.41) is 0. The van der Waals surface area contributed by atoms with Gasteiger partial charge in [-0.2, -0.15) is 13.2 Å². The highest BCUT2D eigenvalue weighted by Gasteiger charge is 2.32. The monoisotopic (exact) mass is 375 g/mol. The second-order valence-electron chi connectivity index (χ2n) is 5.34. The van der Waals surface area contributed by atoms with Crippen LogP contribution in [0.5, 0.6) is 0 Å². The summed E-state index contributed by atoms with van der Waals surface area (Å²) in [7, 11) is 0. The number of amides is 1. The lowest BCUT2D eigenvalue weighted by Crippen LogP contribution is -2.31. The number of hydrogen-bond acceptors (Lipinski definition) is 7. The van der Waals surface area contributed by atoms with Crippen molar-refractivity contribution in [2.75, 3.05) is 5.73 Å². The van der Waals surface area contributed by atoms with Crippen molar-refractivity contribution >= 4 is 11.7 Å². The number of rotatable bonds is 3. The van der Waals surface area contributed by atoms with Crippen LogP contribution in [0.15, 0.2) is 42.7 Å². The molecule has 11 heteroatoms. The van der Waals surface area contributed by atoms with Gasteiger partial charge in [0.1, 0.15) is 11.5 Å². The number of nitrogen functional groups attached to an aromatic ring is 2. The fourth-order valence-corrected chi connectivity index (χ4v) is 2.18. The second-order valence-corrected chi connectivity index (χ2v) is 5.34. The minimum absolute atomic E-state index is 0.191. The Bertz CT molecular complexity index is 973. The maximum atomic E-state index is 12.7. The molecule has 3 aromatic rings. The number of pyridine rings is 2. The van der Waals surface area contributed by atoms with E-state index in [4.69, 9.17) is 11.6 Å². The number of carbonyl (C=O) groups is 1. The maximum Gasteiger partial charge on any atom is 0.433 e. The number of nitrogens with two attached hydrogens (primary N) is 2. The van der Waals surface area contributed by atoms with Crippen molar-refractivity contribution in [3.8, 4) is 22.5 Å². The number of nitrogens with one attached hydrogen (secondary N) is 1. The molecule has 0 saturated carbocycles. The standard InChI is InChI=1S/C16H12F3N7O/c17-16(18,19)12-3-1-8(6-22-12)10-5-11(9-2-4-13(20)23-7-9)25-14(24-10)15(27)26-21/h1-7H,21H2,(H2,20,23)(H,26,27). The Labute approximate surface area is 150 Å². The summed E-state index contributed by atoms with van der Waals surface area (Å²) in [6, 6.07) is 6.69. The lowest BCUT2D eigenvalue weighted by molar-refractivity contribution is -0.141. The van der Waals surface area contributed by atoms with Crippen LogP contribution in [-0.4, -0.2) is 25.8 Å². The minimum atomic E-state index is -4.56. The highest BCUT2D eigenvalue weighted by Crippen LogP contribution is 2.29. The van der Waals surface area contributed by atoms with Crippen LogP contribution in [0.25, 0.3) is 22.5 Å². The Hall–Kier alpha value is -3.60. The summed E-state index contributed by atoms with van der Waals surface area (Å²) < 4.78 is 38.1. The molecule has 0 unspecified atom stereocenters. The van der Waals surface area contributed by atoms with Gasteiger partial charge in [-0.3, -0.25) is 15.2 Å². The van der Waals surface area contributed by atoms with Crippen molar-refractivity contribution in [2.24, 2.45) is 5.84 Å². The molecule has 0 aliphatic heterocycles. The number of nitrogens with zero attached hydrogens (tertiary/aromatic N) is 4. The molecule has 0 spiro atoms. The molecule has 27 heavy (non-hydrogen) atoms. The number of carbonyl (C=O) groups excluding carboxylic acids is 1. The average Bonchev–Trinajstić information content (AvgIpc) is 2.67. The molecule has 3 aromatic heterocycles. The topological polar surface area (TPSA) is 133 Å². The van der Waals surface area contributed by atoms with Crippen LogP contribution < -0.4 is 17.0 Å². The van der Waals surface area contributed by atoms with Crippen molar-refractivity contribution in [3.05, 3.63) is 54.2 Å². The largest absolute Gasteiger partial charge is 0.433 e. The summed E-state index contributed by atoms with van der Waals surface area (Å²) in [6.07, 6.45) is -2.10. The predicted octanol–water partition coefficient (Wildman–Crippen LogP) is 1.81. The van der Waals surface area contributed by atoms with Gasteiger partial charge < -0.3 is 5.73 Å². The van der Waals surface area contributed by atoms with Gasteiger partial charge in [-0.15, -0.1) is 0 Å². The fourth-order valence-electron chi connectivity index (χ4n) is 2.18. The molecule has 0 aliphatic carbocycles. The van der Waals surface area contributed by atoms with Gasteiger partial charge in [0.15, 0.2) is 0 Å². The van der Waals surface area contributed by atoms with Crippen LogP contribution >= 0.6 is 0 Å². The van der Waals surface area contributed by atoms with E-state index in [0.29, 0.717) is 17.1 Å². The molecule has 0 aromatic carbocycles. The zero-order valence-electron chi connectivity index (χ0n) is 13.5. The molecule has 0 aliphatic rings. The molecule has 5 N–H and O–H groups in total. The number of halogens is 3.